The number of aliphatic hydroxyl groups excluding tert-OH is 1. The molecule has 3 aromatic carbocycles. The van der Waals surface area contributed by atoms with E-state index in [1.165, 1.54) is 83.3 Å². The second-order valence-corrected chi connectivity index (χ2v) is 29.6. The van der Waals surface area contributed by atoms with Gasteiger partial charge in [0.2, 0.25) is 0 Å². The molecule has 5 heterocycles. The molecule has 30 heteroatoms. The van der Waals surface area contributed by atoms with Crippen molar-refractivity contribution in [1.82, 2.24) is 15.1 Å². The number of aromatic hydroxyl groups is 2. The van der Waals surface area contributed by atoms with Crippen LogP contribution in [0.4, 0.5) is 10.5 Å². The van der Waals surface area contributed by atoms with Gasteiger partial charge in [-0.15, -0.1) is 0 Å². The van der Waals surface area contributed by atoms with Crippen LogP contribution in [-0.2, 0) is 58.6 Å². The lowest BCUT2D eigenvalue weighted by Gasteiger charge is -2.39. The Morgan fingerprint density at radius 1 is 0.853 bits per heavy atom. The molecule has 5 aliphatic rings. The number of aliphatic hydroxyl groups is 1. The first kappa shape index (κ1) is 75.3. The van der Waals surface area contributed by atoms with Crippen molar-refractivity contribution in [1.29, 1.82) is 0 Å². The molecule has 8 rings (SSSR count). The van der Waals surface area contributed by atoms with E-state index in [1.807, 2.05) is 0 Å². The molecule has 0 unspecified atom stereocenters. The van der Waals surface area contributed by atoms with Gasteiger partial charge in [0.1, 0.15) is 47.1 Å². The predicted molar refractivity (Wildman–Crippen MR) is 346 cm³/mol. The molecule has 1 fully saturated rings. The number of carbonyl (C=O) groups is 6. The molecule has 9 N–H and O–H groups in total. The number of alkyl carbamates (subject to hydrolysis) is 1. The van der Waals surface area contributed by atoms with E-state index in [0.29, 0.717) is 37.4 Å². The number of phenols is 2. The SMILES string of the molecule is CO[C@H]1/C=C/O[C@@]2(C)Oc3c(C)c(O)c4c(O)c(c5c(c4c3C2=O)=NC2(CCN(CC(C)C)CC2)N=5)NC(=O)/C(C)=C\C=C\[C@H](C)[C@H](OC(=O)CN(CCCCC(P(=O)(O)O)P(=O)(O)O)CCNC(=O)OCc2ccc(OC(C)=O)cc2)[C@@H](C)[C@@H](O)[C@@H](C)[C@H](OC(C)=O)[C@@H]1C. The number of nitrogens with zero attached hydrogens (tertiary/aromatic N) is 4. The molecule has 0 aliphatic carbocycles. The fraction of sp³-hybridized carbons (Fsp3) is 0.569. The number of piperidine rings is 1. The fourth-order valence-corrected chi connectivity index (χ4v) is 15.2. The van der Waals surface area contributed by atoms with Gasteiger partial charge in [0.15, 0.2) is 16.8 Å². The Morgan fingerprint density at radius 2 is 1.49 bits per heavy atom. The molecule has 1 saturated heterocycles. The highest BCUT2D eigenvalue weighted by molar-refractivity contribution is 7.70. The molecule has 0 aromatic heterocycles. The third kappa shape index (κ3) is 18.3. The molecular formula is C65H90N6O22P2. The molecule has 9 atom stereocenters. The number of hydrogen-bond acceptors (Lipinski definition) is 22. The molecule has 0 radical (unpaired) electrons. The van der Waals surface area contributed by atoms with Crippen molar-refractivity contribution in [2.45, 2.75) is 156 Å². The van der Waals surface area contributed by atoms with Crippen molar-refractivity contribution in [3.8, 4) is 23.0 Å². The standard InChI is InChI=1S/C65H90N6O22P2/c1-35(2)32-71-28-24-65(25-29-71)68-52-49-50-56(76)41(8)60-51(49)61(78)64(11,93-60)89-31-23-46(87-12)38(5)59(91-43(10)73)40(7)55(75)39(6)58(36(3)16-15-17-37(4)62(79)67-54(57(50)77)53(52)69-65)92-47(74)33-70(27-14-13-18-48(94(81,82)83)95(84,85)86)30-26-66-63(80)88-34-44-19-21-45(22-20-44)90-42(9)72/h15-17,19-23,31,35-36,38-40,46,48,55,58-59,75-77H,13-14,18,24-30,32-34H2,1-12H3,(H,66,80)(H,67,79)(H2,81,82,83)(H2,84,85,86)/b16-15+,31-23+,37-17-/t36-,38+,39-,40+,46-,55+,58-,59+,64-/m0/s1. The maximum absolute atomic E-state index is 15.0. The summed E-state index contributed by atoms with van der Waals surface area (Å²) in [4.78, 5) is 135. The quantitative estimate of drug-likeness (QED) is 0.0149. The number of benzene rings is 3. The molecule has 522 valence electrons. The molecule has 2 amide bonds. The van der Waals surface area contributed by atoms with Crippen LogP contribution in [0.2, 0.25) is 0 Å². The summed E-state index contributed by atoms with van der Waals surface area (Å²) in [5.41, 5.74) is -0.546. The number of likely N-dealkylation sites (tertiary alicyclic amines) is 1. The highest BCUT2D eigenvalue weighted by Crippen LogP contribution is 2.61. The topological polar surface area (TPSA) is 398 Å². The van der Waals surface area contributed by atoms with Gasteiger partial charge in [-0.25, -0.2) is 4.79 Å². The second kappa shape index (κ2) is 31.4. The maximum atomic E-state index is 15.0. The maximum Gasteiger partial charge on any atom is 0.407 e. The Labute approximate surface area is 551 Å². The van der Waals surface area contributed by atoms with E-state index in [0.717, 1.165) is 6.54 Å². The summed E-state index contributed by atoms with van der Waals surface area (Å²) in [7, 11) is -9.11. The van der Waals surface area contributed by atoms with Gasteiger partial charge in [0.25, 0.3) is 11.7 Å². The van der Waals surface area contributed by atoms with Gasteiger partial charge in [-0.1, -0.05) is 78.3 Å². The smallest absolute Gasteiger partial charge is 0.407 e. The van der Waals surface area contributed by atoms with Crippen LogP contribution < -0.4 is 30.8 Å². The average molecular weight is 1370 g/mol. The summed E-state index contributed by atoms with van der Waals surface area (Å²) in [5, 5.41) is 40.2. The number of allylic oxidation sites excluding steroid dienone is 2. The van der Waals surface area contributed by atoms with Gasteiger partial charge in [-0.3, -0.25) is 48.0 Å². The number of rotatable bonds is 20. The number of amides is 2. The molecule has 1 spiro atoms. The van der Waals surface area contributed by atoms with E-state index < -0.39 is 140 Å². The molecule has 95 heavy (non-hydrogen) atoms. The summed E-state index contributed by atoms with van der Waals surface area (Å²) < 4.78 is 65.3. The Bertz CT molecular complexity index is 3670. The van der Waals surface area contributed by atoms with Crippen LogP contribution in [0.15, 0.2) is 70.4 Å². The van der Waals surface area contributed by atoms with Crippen molar-refractivity contribution in [3.05, 3.63) is 87.8 Å². The normalized spacial score (nSPS) is 25.4. The average Bonchev–Trinajstić information content (AvgIpc) is 1.56. The molecule has 28 nitrogen and oxygen atoms in total. The van der Waals surface area contributed by atoms with Crippen molar-refractivity contribution < 1.29 is 106 Å². The number of carbonyl (C=O) groups excluding carboxylic acids is 6. The van der Waals surface area contributed by atoms with E-state index in [4.69, 9.17) is 43.1 Å². The minimum atomic E-state index is -5.25. The monoisotopic (exact) mass is 1370 g/mol. The Balaban J connectivity index is 1.24. The number of unbranched alkanes of at least 4 members (excludes halogenated alkanes) is 1. The molecule has 0 saturated carbocycles. The van der Waals surface area contributed by atoms with Gasteiger partial charge in [-0.05, 0) is 62.9 Å². The third-order valence-corrected chi connectivity index (χ3v) is 21.6. The zero-order chi connectivity index (χ0) is 70.2. The summed E-state index contributed by atoms with van der Waals surface area (Å²) in [6.45, 7) is 18.9. The minimum Gasteiger partial charge on any atom is -0.507 e. The van der Waals surface area contributed by atoms with Crippen LogP contribution >= 0.6 is 15.2 Å². The van der Waals surface area contributed by atoms with Crippen LogP contribution in [0.1, 0.15) is 123 Å². The largest absolute Gasteiger partial charge is 0.507 e. The number of phenolic OH excluding ortho intramolecular Hbond substituents is 2. The summed E-state index contributed by atoms with van der Waals surface area (Å²) in [5.74, 6) is -9.45. The van der Waals surface area contributed by atoms with Crippen molar-refractivity contribution in [2.24, 2.45) is 39.6 Å². The van der Waals surface area contributed by atoms with Gasteiger partial charge >= 0.3 is 45.0 Å². The number of esters is 3. The van der Waals surface area contributed by atoms with Crippen LogP contribution in [0, 0.1) is 36.5 Å². The number of ether oxygens (including phenoxy) is 7. The first-order chi connectivity index (χ1) is 44.5. The third-order valence-electron chi connectivity index (χ3n) is 17.7. The van der Waals surface area contributed by atoms with E-state index in [-0.39, 0.29) is 94.5 Å². The van der Waals surface area contributed by atoms with E-state index in [9.17, 15) is 68.0 Å². The molecule has 5 aliphatic heterocycles. The van der Waals surface area contributed by atoms with Gasteiger partial charge in [0.05, 0.1) is 41.3 Å². The van der Waals surface area contributed by atoms with Gasteiger partial charge < -0.3 is 83.6 Å². The van der Waals surface area contributed by atoms with Crippen molar-refractivity contribution in [2.75, 3.05) is 58.2 Å². The molecule has 5 bridgehead atoms. The van der Waals surface area contributed by atoms with E-state index in [1.54, 1.807) is 45.9 Å². The van der Waals surface area contributed by atoms with Crippen LogP contribution in [0.25, 0.3) is 10.8 Å². The van der Waals surface area contributed by atoms with Crippen LogP contribution in [0.3, 0.4) is 0 Å². The van der Waals surface area contributed by atoms with Crippen LogP contribution in [-0.4, -0.2) is 175 Å². The zero-order valence-electron chi connectivity index (χ0n) is 55.6. The number of anilines is 1. The number of nitrogens with one attached hydrogen (secondary N) is 2. The van der Waals surface area contributed by atoms with Gasteiger partial charge in [0, 0.05) is 114 Å². The van der Waals surface area contributed by atoms with Crippen LogP contribution in [0.5, 0.6) is 23.0 Å². The first-order valence-corrected chi connectivity index (χ1v) is 34.9. The Morgan fingerprint density at radius 3 is 2.11 bits per heavy atom. The molecule has 3 aromatic rings. The minimum absolute atomic E-state index is 0.0227. The lowest BCUT2D eigenvalue weighted by Crippen LogP contribution is -2.48. The lowest BCUT2D eigenvalue weighted by molar-refractivity contribution is -0.166. The summed E-state index contributed by atoms with van der Waals surface area (Å²) in [6.07, 6.45) is 2.03. The fourth-order valence-electron chi connectivity index (χ4n) is 12.6. The van der Waals surface area contributed by atoms with E-state index in [2.05, 4.69) is 29.4 Å². The number of hydrogen-bond donors (Lipinski definition) is 9. The Hall–Kier alpha value is -7.10. The number of Topliss-reactive ketones (excluding diaryl/α,β-unsaturated/α-hetero) is 1. The number of methoxy groups -OCH3 is 1. The summed E-state index contributed by atoms with van der Waals surface area (Å²) >= 11 is 0. The zero-order valence-corrected chi connectivity index (χ0v) is 57.4. The highest BCUT2D eigenvalue weighted by Gasteiger charge is 2.51. The second-order valence-electron chi connectivity index (χ2n) is 25.6. The number of fused-ring (bicyclic) bond motifs is 13. The lowest BCUT2D eigenvalue weighted by atomic mass is 9.78. The number of ketones is 1. The van der Waals surface area contributed by atoms with Crippen molar-refractivity contribution >= 4 is 67.3 Å². The molecular weight excluding hydrogens is 1280 g/mol. The van der Waals surface area contributed by atoms with Crippen molar-refractivity contribution in [3.63, 3.8) is 0 Å². The summed E-state index contributed by atoms with van der Waals surface area (Å²) in [6, 6.07) is 6.22. The highest BCUT2D eigenvalue weighted by atomic mass is 31.2. The van der Waals surface area contributed by atoms with Gasteiger partial charge in [-0.2, -0.15) is 0 Å². The Kier molecular flexibility index (Phi) is 24.9. The first-order valence-electron chi connectivity index (χ1n) is 31.6. The predicted octanol–water partition coefficient (Wildman–Crippen LogP) is 6.31. The van der Waals surface area contributed by atoms with E-state index >= 15 is 4.79 Å².